The van der Waals surface area contributed by atoms with E-state index in [0.29, 0.717) is 24.2 Å². The van der Waals surface area contributed by atoms with Crippen LogP contribution in [0.15, 0.2) is 0 Å². The summed E-state index contributed by atoms with van der Waals surface area (Å²) in [5, 5.41) is 8.56. The Bertz CT molecular complexity index is 226. The molecule has 0 rings (SSSR count). The van der Waals surface area contributed by atoms with E-state index < -0.39 is 16.5 Å². The summed E-state index contributed by atoms with van der Waals surface area (Å²) in [5.41, 5.74) is 0. The quantitative estimate of drug-likeness (QED) is 0.644. The molecule has 25 heavy (non-hydrogen) atoms. The monoisotopic (exact) mass is 407 g/mol. The summed E-state index contributed by atoms with van der Waals surface area (Å²) in [6, 6.07) is 2.00. The summed E-state index contributed by atoms with van der Waals surface area (Å²) in [6.45, 7) is 30.9. The minimum absolute atomic E-state index is 0. The van der Waals surface area contributed by atoms with Gasteiger partial charge in [-0.15, -0.1) is 24.2 Å². The zero-order chi connectivity index (χ0) is 19.4. The Morgan fingerprint density at radius 1 is 0.520 bits per heavy atom. The van der Waals surface area contributed by atoms with Crippen molar-refractivity contribution < 1.29 is 70.2 Å². The molecule has 0 radical (unpaired) electrons. The summed E-state index contributed by atoms with van der Waals surface area (Å²) in [7, 11) is -1.96. The maximum atomic E-state index is 4.28. The van der Waals surface area contributed by atoms with Crippen LogP contribution < -0.4 is 74.9 Å². The van der Waals surface area contributed by atoms with E-state index in [1.54, 1.807) is 0 Å². The normalized spacial score (nSPS) is 11.3. The maximum absolute atomic E-state index is 4.28. The molecular weight excluding hydrogens is 360 g/mol. The largest absolute Gasteiger partial charge is 1.00 e. The Balaban J connectivity index is -0.0000000778. The Morgan fingerprint density at radius 2 is 0.680 bits per heavy atom. The van der Waals surface area contributed by atoms with Crippen LogP contribution in [0.5, 0.6) is 0 Å². The van der Waals surface area contributed by atoms with E-state index >= 15 is 0 Å². The predicted molar refractivity (Wildman–Crippen MR) is 117 cm³/mol. The van der Waals surface area contributed by atoms with Crippen molar-refractivity contribution in [3.8, 4) is 0 Å². The van der Waals surface area contributed by atoms with Gasteiger partial charge >= 0.3 is 70.2 Å². The van der Waals surface area contributed by atoms with Crippen molar-refractivity contribution in [2.24, 2.45) is 0 Å². The van der Waals surface area contributed by atoms with Crippen LogP contribution in [0, 0.1) is 0 Å². The fraction of sp³-hybridized carbons (Fsp3) is 1.00. The van der Waals surface area contributed by atoms with Crippen LogP contribution in [0.1, 0.15) is 55.4 Å². The van der Waals surface area contributed by atoms with Gasteiger partial charge in [0.25, 0.3) is 0 Å². The molecule has 3 nitrogen and oxygen atoms in total. The molecule has 1 N–H and O–H groups in total. The molecule has 0 aromatic rings. The first-order valence-corrected chi connectivity index (χ1v) is 16.2. The van der Waals surface area contributed by atoms with E-state index in [9.17, 15) is 0 Å². The third-order valence-corrected chi connectivity index (χ3v) is 7.94. The molecule has 0 atom stereocenters. The standard InChI is InChI=1S/C6H19NSi2.2C6H14N.K.Li/c1-8(2,3)7-9(4,5)6;2*1-5(2)7-6(3)4;;/h7H,1-6H3;2*5-6H,1-4H3;;/q;2*-1;2*+1. The molecule has 0 aromatic carbocycles. The number of nitrogens with zero attached hydrogens (tertiary/aromatic N) is 2. The summed E-state index contributed by atoms with van der Waals surface area (Å²) in [5.74, 6) is 0. The van der Waals surface area contributed by atoms with Crippen LogP contribution in [0.4, 0.5) is 0 Å². The van der Waals surface area contributed by atoms with Crippen LogP contribution in [-0.2, 0) is 0 Å². The van der Waals surface area contributed by atoms with Crippen LogP contribution in [0.25, 0.3) is 10.6 Å². The molecule has 144 valence electrons. The first kappa shape index (κ1) is 38.2. The van der Waals surface area contributed by atoms with Gasteiger partial charge in [0.1, 0.15) is 16.5 Å². The molecule has 0 amide bonds. The van der Waals surface area contributed by atoms with Crippen molar-refractivity contribution in [2.45, 2.75) is 119 Å². The molecule has 0 saturated heterocycles. The third-order valence-electron chi connectivity index (χ3n) is 1.94. The average Bonchev–Trinajstić information content (AvgIpc) is 2.06. The molecule has 0 aromatic heterocycles. The van der Waals surface area contributed by atoms with Gasteiger partial charge < -0.3 is 15.3 Å². The van der Waals surface area contributed by atoms with Crippen molar-refractivity contribution in [1.29, 1.82) is 0 Å². The van der Waals surface area contributed by atoms with E-state index in [1.807, 2.05) is 0 Å². The van der Waals surface area contributed by atoms with Crippen molar-refractivity contribution in [3.05, 3.63) is 10.6 Å². The Morgan fingerprint density at radius 3 is 0.680 bits per heavy atom. The van der Waals surface area contributed by atoms with Crippen molar-refractivity contribution in [3.63, 3.8) is 0 Å². The molecule has 0 saturated carbocycles. The van der Waals surface area contributed by atoms with Crippen molar-refractivity contribution in [1.82, 2.24) is 4.65 Å². The Kier molecular flexibility index (Phi) is 30.3. The van der Waals surface area contributed by atoms with Gasteiger partial charge in [-0.05, 0) is 0 Å². The SMILES string of the molecule is CC(C)[N-]C(C)C.CC(C)[N-]C(C)C.C[Si](C)(C)N[Si](C)(C)C.[K+].[Li+]. The van der Waals surface area contributed by atoms with Crippen LogP contribution >= 0.6 is 0 Å². The molecule has 0 heterocycles. The molecule has 0 aliphatic carbocycles. The van der Waals surface area contributed by atoms with Crippen LogP contribution in [0.3, 0.4) is 0 Å². The van der Waals surface area contributed by atoms with Crippen molar-refractivity contribution in [2.75, 3.05) is 0 Å². The van der Waals surface area contributed by atoms with E-state index in [0.717, 1.165) is 0 Å². The van der Waals surface area contributed by atoms with Gasteiger partial charge in [0.05, 0.1) is 0 Å². The van der Waals surface area contributed by atoms with Crippen LogP contribution in [0.2, 0.25) is 39.3 Å². The van der Waals surface area contributed by atoms with Gasteiger partial charge in [-0.3, -0.25) is 0 Å². The van der Waals surface area contributed by atoms with E-state index in [-0.39, 0.29) is 70.2 Å². The fourth-order valence-corrected chi connectivity index (χ4v) is 11.3. The second-order valence-corrected chi connectivity index (χ2v) is 19.3. The molecule has 0 aliphatic heterocycles. The molecule has 0 fully saturated rings. The summed E-state index contributed by atoms with van der Waals surface area (Å²) in [4.78, 5) is 0. The van der Waals surface area contributed by atoms with Gasteiger partial charge in [0.15, 0.2) is 0 Å². The predicted octanol–water partition coefficient (Wildman–Crippen LogP) is 0.608. The first-order valence-electron chi connectivity index (χ1n) is 9.15. The Labute approximate surface area is 218 Å². The minimum atomic E-state index is -0.981. The second kappa shape index (κ2) is 19.8. The zero-order valence-electron chi connectivity index (χ0n) is 20.7. The fourth-order valence-electron chi connectivity index (χ4n) is 2.32. The Hall–Kier alpha value is 2.55. The van der Waals surface area contributed by atoms with Gasteiger partial charge in [0, 0.05) is 0 Å². The summed E-state index contributed by atoms with van der Waals surface area (Å²) in [6.07, 6.45) is 0. The molecule has 0 aliphatic rings. The molecular formula is C18H47KLiN3Si2. The number of nitrogens with one attached hydrogen (secondary N) is 1. The molecule has 7 heteroatoms. The minimum Gasteiger partial charge on any atom is -0.658 e. The summed E-state index contributed by atoms with van der Waals surface area (Å²) < 4.78 is 3.74. The zero-order valence-corrected chi connectivity index (χ0v) is 25.8. The van der Waals surface area contributed by atoms with Gasteiger partial charge in [0.2, 0.25) is 0 Å². The number of hydrogen-bond acceptors (Lipinski definition) is 1. The van der Waals surface area contributed by atoms with E-state index in [1.165, 1.54) is 0 Å². The topological polar surface area (TPSA) is 40.2 Å². The first-order chi connectivity index (χ1) is 9.96. The van der Waals surface area contributed by atoms with Crippen LogP contribution in [-0.4, -0.2) is 40.6 Å². The summed E-state index contributed by atoms with van der Waals surface area (Å²) >= 11 is 0. The average molecular weight is 408 g/mol. The van der Waals surface area contributed by atoms with Gasteiger partial charge in [-0.1, -0.05) is 94.7 Å². The van der Waals surface area contributed by atoms with E-state index in [2.05, 4.69) is 110 Å². The number of hydrogen-bond donors (Lipinski definition) is 1. The van der Waals surface area contributed by atoms with Crippen molar-refractivity contribution >= 4 is 16.5 Å². The third kappa shape index (κ3) is 58.4. The number of rotatable bonds is 6. The molecule has 0 spiro atoms. The smallest absolute Gasteiger partial charge is 0.658 e. The maximum Gasteiger partial charge on any atom is 1.00 e. The molecule has 0 bridgehead atoms. The van der Waals surface area contributed by atoms with Gasteiger partial charge in [-0.25, -0.2) is 0 Å². The second-order valence-electron chi connectivity index (χ2n) is 9.30. The van der Waals surface area contributed by atoms with E-state index in [4.69, 9.17) is 0 Å². The van der Waals surface area contributed by atoms with Gasteiger partial charge in [-0.2, -0.15) is 0 Å². The molecule has 0 unspecified atom stereocenters.